The smallest absolute Gasteiger partial charge is 0.240 e. The maximum atomic E-state index is 5.35. The Balaban J connectivity index is 0.00000220. The Labute approximate surface area is 134 Å². The molecule has 122 valence electrons. The lowest BCUT2D eigenvalue weighted by molar-refractivity contribution is 0.155. The van der Waals surface area contributed by atoms with Crippen LogP contribution in [0.3, 0.4) is 0 Å². The Bertz CT molecular complexity index is 389. The van der Waals surface area contributed by atoms with E-state index < -0.39 is 0 Å². The van der Waals surface area contributed by atoms with Crippen LogP contribution in [-0.2, 0) is 13.0 Å². The van der Waals surface area contributed by atoms with E-state index in [1.54, 1.807) is 0 Å². The molecule has 2 rings (SSSR count). The molecular formula is C15H29ClN4O. The van der Waals surface area contributed by atoms with Gasteiger partial charge in [0.2, 0.25) is 5.89 Å². The molecule has 1 aliphatic heterocycles. The summed E-state index contributed by atoms with van der Waals surface area (Å²) in [6.45, 7) is 8.58. The molecule has 0 spiro atoms. The zero-order valence-corrected chi connectivity index (χ0v) is 14.3. The average molecular weight is 317 g/mol. The van der Waals surface area contributed by atoms with Crippen molar-refractivity contribution in [1.29, 1.82) is 0 Å². The van der Waals surface area contributed by atoms with Crippen LogP contribution in [-0.4, -0.2) is 41.7 Å². The molecule has 1 aromatic rings. The summed E-state index contributed by atoms with van der Waals surface area (Å²) in [5.74, 6) is 3.06. The van der Waals surface area contributed by atoms with E-state index in [1.807, 2.05) is 7.05 Å². The van der Waals surface area contributed by atoms with Crippen molar-refractivity contribution in [2.75, 3.05) is 26.7 Å². The second kappa shape index (κ2) is 9.38. The first-order valence-corrected chi connectivity index (χ1v) is 7.85. The number of nitrogens with one attached hydrogen (secondary N) is 1. The van der Waals surface area contributed by atoms with E-state index in [1.165, 1.54) is 19.3 Å². The van der Waals surface area contributed by atoms with Crippen molar-refractivity contribution < 1.29 is 4.52 Å². The van der Waals surface area contributed by atoms with Gasteiger partial charge in [-0.05, 0) is 57.8 Å². The predicted octanol–water partition coefficient (Wildman–Crippen LogP) is 2.51. The van der Waals surface area contributed by atoms with Gasteiger partial charge in [-0.2, -0.15) is 4.98 Å². The number of piperidine rings is 1. The third-order valence-electron chi connectivity index (χ3n) is 3.97. The Morgan fingerprint density at radius 3 is 2.67 bits per heavy atom. The molecule has 0 aliphatic carbocycles. The summed E-state index contributed by atoms with van der Waals surface area (Å²) in [5, 5.41) is 7.29. The summed E-state index contributed by atoms with van der Waals surface area (Å²) in [5.41, 5.74) is 0. The summed E-state index contributed by atoms with van der Waals surface area (Å²) >= 11 is 0. The highest BCUT2D eigenvalue weighted by molar-refractivity contribution is 5.85. The van der Waals surface area contributed by atoms with Gasteiger partial charge in [0.05, 0.1) is 6.54 Å². The second-order valence-electron chi connectivity index (χ2n) is 6.31. The standard InChI is InChI=1S/C15H28N4O.ClH/c1-12(2)10-14-17-15(20-18-14)11-19-8-5-13(6-9-19)4-7-16-3;/h12-13,16H,4-11H2,1-3H3;1H. The molecule has 1 saturated heterocycles. The first-order chi connectivity index (χ1) is 9.67. The fraction of sp³-hybridized carbons (Fsp3) is 0.867. The maximum Gasteiger partial charge on any atom is 0.240 e. The lowest BCUT2D eigenvalue weighted by Crippen LogP contribution is -2.34. The van der Waals surface area contributed by atoms with Gasteiger partial charge in [0.15, 0.2) is 5.82 Å². The number of hydrogen-bond acceptors (Lipinski definition) is 5. The van der Waals surface area contributed by atoms with Crippen LogP contribution in [0.5, 0.6) is 0 Å². The van der Waals surface area contributed by atoms with Gasteiger partial charge in [-0.3, -0.25) is 4.90 Å². The van der Waals surface area contributed by atoms with Crippen molar-refractivity contribution in [2.45, 2.75) is 46.1 Å². The Hall–Kier alpha value is -0.650. The molecule has 0 bridgehead atoms. The van der Waals surface area contributed by atoms with Crippen LogP contribution in [0.4, 0.5) is 0 Å². The molecule has 0 radical (unpaired) electrons. The minimum Gasteiger partial charge on any atom is -0.338 e. The summed E-state index contributed by atoms with van der Waals surface area (Å²) in [4.78, 5) is 6.92. The SMILES string of the molecule is CNCCC1CCN(Cc2nc(CC(C)C)no2)CC1.Cl. The quantitative estimate of drug-likeness (QED) is 0.837. The monoisotopic (exact) mass is 316 g/mol. The molecule has 1 aliphatic rings. The molecule has 0 atom stereocenters. The summed E-state index contributed by atoms with van der Waals surface area (Å²) < 4.78 is 5.35. The number of likely N-dealkylation sites (tertiary alicyclic amines) is 1. The van der Waals surface area contributed by atoms with E-state index in [0.717, 1.165) is 50.2 Å². The maximum absolute atomic E-state index is 5.35. The van der Waals surface area contributed by atoms with Gasteiger partial charge in [0.1, 0.15) is 0 Å². The first kappa shape index (κ1) is 18.4. The Kier molecular flexibility index (Phi) is 8.22. The highest BCUT2D eigenvalue weighted by atomic mass is 35.5. The minimum atomic E-state index is 0. The van der Waals surface area contributed by atoms with E-state index in [4.69, 9.17) is 4.52 Å². The largest absolute Gasteiger partial charge is 0.338 e. The topological polar surface area (TPSA) is 54.2 Å². The van der Waals surface area contributed by atoms with Crippen LogP contribution in [0, 0.1) is 11.8 Å². The number of hydrogen-bond donors (Lipinski definition) is 1. The fourth-order valence-corrected chi connectivity index (χ4v) is 2.78. The second-order valence-corrected chi connectivity index (χ2v) is 6.31. The Morgan fingerprint density at radius 1 is 1.33 bits per heavy atom. The molecule has 0 saturated carbocycles. The molecule has 5 nitrogen and oxygen atoms in total. The summed E-state index contributed by atoms with van der Waals surface area (Å²) in [6.07, 6.45) is 4.77. The molecule has 1 N–H and O–H groups in total. The molecule has 0 aromatic carbocycles. The van der Waals surface area contributed by atoms with Crippen LogP contribution < -0.4 is 5.32 Å². The average Bonchev–Trinajstić information content (AvgIpc) is 2.84. The van der Waals surface area contributed by atoms with Crippen molar-refractivity contribution in [3.63, 3.8) is 0 Å². The molecule has 21 heavy (non-hydrogen) atoms. The third-order valence-corrected chi connectivity index (χ3v) is 3.97. The lowest BCUT2D eigenvalue weighted by Gasteiger charge is -2.30. The van der Waals surface area contributed by atoms with Gasteiger partial charge in [0.25, 0.3) is 0 Å². The molecule has 1 aromatic heterocycles. The summed E-state index contributed by atoms with van der Waals surface area (Å²) in [6, 6.07) is 0. The van der Waals surface area contributed by atoms with E-state index in [2.05, 4.69) is 34.2 Å². The van der Waals surface area contributed by atoms with Gasteiger partial charge in [-0.1, -0.05) is 19.0 Å². The number of halogens is 1. The number of nitrogens with zero attached hydrogens (tertiary/aromatic N) is 3. The lowest BCUT2D eigenvalue weighted by atomic mass is 9.93. The van der Waals surface area contributed by atoms with Crippen LogP contribution in [0.25, 0.3) is 0 Å². The van der Waals surface area contributed by atoms with Crippen molar-refractivity contribution in [1.82, 2.24) is 20.4 Å². The zero-order chi connectivity index (χ0) is 14.4. The van der Waals surface area contributed by atoms with Crippen LogP contribution in [0.15, 0.2) is 4.52 Å². The number of aromatic nitrogens is 2. The van der Waals surface area contributed by atoms with E-state index in [9.17, 15) is 0 Å². The molecule has 0 unspecified atom stereocenters. The van der Waals surface area contributed by atoms with Crippen LogP contribution in [0.1, 0.15) is 44.8 Å². The van der Waals surface area contributed by atoms with Gasteiger partial charge in [-0.25, -0.2) is 0 Å². The normalized spacial score (nSPS) is 17.1. The highest BCUT2D eigenvalue weighted by Crippen LogP contribution is 2.21. The summed E-state index contributed by atoms with van der Waals surface area (Å²) in [7, 11) is 2.03. The molecule has 1 fully saturated rings. The number of rotatable bonds is 7. The van der Waals surface area contributed by atoms with E-state index in [0.29, 0.717) is 5.92 Å². The fourth-order valence-electron chi connectivity index (χ4n) is 2.78. The molecule has 2 heterocycles. The minimum absolute atomic E-state index is 0. The van der Waals surface area contributed by atoms with Crippen LogP contribution in [0.2, 0.25) is 0 Å². The van der Waals surface area contributed by atoms with Gasteiger partial charge in [-0.15, -0.1) is 12.4 Å². The first-order valence-electron chi connectivity index (χ1n) is 7.85. The van der Waals surface area contributed by atoms with Gasteiger partial charge >= 0.3 is 0 Å². The molecular weight excluding hydrogens is 288 g/mol. The van der Waals surface area contributed by atoms with Crippen molar-refractivity contribution >= 4 is 12.4 Å². The Morgan fingerprint density at radius 2 is 2.05 bits per heavy atom. The predicted molar refractivity (Wildman–Crippen MR) is 86.6 cm³/mol. The van der Waals surface area contributed by atoms with Crippen molar-refractivity contribution in [3.8, 4) is 0 Å². The van der Waals surface area contributed by atoms with Crippen molar-refractivity contribution in [3.05, 3.63) is 11.7 Å². The van der Waals surface area contributed by atoms with Gasteiger partial charge < -0.3 is 9.84 Å². The molecule has 0 amide bonds. The third kappa shape index (κ3) is 6.32. The van der Waals surface area contributed by atoms with Gasteiger partial charge in [0, 0.05) is 6.42 Å². The van der Waals surface area contributed by atoms with E-state index >= 15 is 0 Å². The highest BCUT2D eigenvalue weighted by Gasteiger charge is 2.20. The molecule has 6 heteroatoms. The van der Waals surface area contributed by atoms with E-state index in [-0.39, 0.29) is 12.4 Å². The van der Waals surface area contributed by atoms with Crippen LogP contribution >= 0.6 is 12.4 Å². The zero-order valence-electron chi connectivity index (χ0n) is 13.5. The van der Waals surface area contributed by atoms with Crippen molar-refractivity contribution in [2.24, 2.45) is 11.8 Å².